The molecule has 1 saturated heterocycles. The van der Waals surface area contributed by atoms with Gasteiger partial charge in [-0.05, 0) is 61.0 Å². The molecular formula is C26H19BrCl2N2O5. The summed E-state index contributed by atoms with van der Waals surface area (Å²) in [4.78, 5) is 38.9. The Balaban J connectivity index is 1.66. The lowest BCUT2D eigenvalue weighted by Gasteiger charge is -2.26. The van der Waals surface area contributed by atoms with E-state index in [0.717, 1.165) is 14.9 Å². The summed E-state index contributed by atoms with van der Waals surface area (Å²) in [6.45, 7) is 2.38. The van der Waals surface area contributed by atoms with E-state index in [-0.39, 0.29) is 22.9 Å². The molecule has 0 radical (unpaired) electrons. The number of urea groups is 1. The standard InChI is InChI=1S/C26H19BrCl2N2O5/c1-2-35-22-13-15(12-21(29)23(22)36-14-16-5-3-4-6-20(16)27)11-19-24(32)30-26(34)31(25(19)33)18-9-7-17(28)8-10-18/h3-13H,2,14H2,1H3,(H,30,32,34)/b19-11+. The van der Waals surface area contributed by atoms with Crippen LogP contribution >= 0.6 is 39.1 Å². The lowest BCUT2D eigenvalue weighted by molar-refractivity contribution is -0.122. The van der Waals surface area contributed by atoms with E-state index in [2.05, 4.69) is 21.2 Å². The number of anilines is 1. The maximum atomic E-state index is 13.1. The Morgan fingerprint density at radius 1 is 1.00 bits per heavy atom. The van der Waals surface area contributed by atoms with Gasteiger partial charge in [0.05, 0.1) is 17.3 Å². The smallest absolute Gasteiger partial charge is 0.335 e. The minimum atomic E-state index is -0.853. The molecule has 0 aromatic heterocycles. The summed E-state index contributed by atoms with van der Waals surface area (Å²) in [6.07, 6.45) is 1.35. The monoisotopic (exact) mass is 588 g/mol. The molecule has 1 heterocycles. The number of nitrogens with one attached hydrogen (secondary N) is 1. The minimum Gasteiger partial charge on any atom is -0.490 e. The van der Waals surface area contributed by atoms with Gasteiger partial charge >= 0.3 is 6.03 Å². The summed E-state index contributed by atoms with van der Waals surface area (Å²) in [6, 6.07) is 16.0. The largest absolute Gasteiger partial charge is 0.490 e. The van der Waals surface area contributed by atoms with E-state index in [9.17, 15) is 14.4 Å². The first-order valence-electron chi connectivity index (χ1n) is 10.8. The van der Waals surface area contributed by atoms with Crippen LogP contribution in [0, 0.1) is 0 Å². The summed E-state index contributed by atoms with van der Waals surface area (Å²) in [5.74, 6) is -0.931. The Morgan fingerprint density at radius 3 is 2.42 bits per heavy atom. The molecule has 0 aliphatic carbocycles. The number of hydrogen-bond donors (Lipinski definition) is 1. The third-order valence-corrected chi connectivity index (χ3v) is 6.47. The molecule has 3 aromatic carbocycles. The molecule has 7 nitrogen and oxygen atoms in total. The van der Waals surface area contributed by atoms with Crippen LogP contribution < -0.4 is 19.7 Å². The summed E-state index contributed by atoms with van der Waals surface area (Å²) in [5.41, 5.74) is 1.35. The van der Waals surface area contributed by atoms with Gasteiger partial charge in [0, 0.05) is 15.1 Å². The number of carbonyl (C=O) groups is 3. The highest BCUT2D eigenvalue weighted by Crippen LogP contribution is 2.38. The fourth-order valence-corrected chi connectivity index (χ4v) is 4.29. The molecule has 0 unspecified atom stereocenters. The van der Waals surface area contributed by atoms with Gasteiger partial charge in [0.2, 0.25) is 0 Å². The van der Waals surface area contributed by atoms with E-state index < -0.39 is 17.8 Å². The third kappa shape index (κ3) is 5.56. The van der Waals surface area contributed by atoms with Crippen molar-refractivity contribution in [2.75, 3.05) is 11.5 Å². The van der Waals surface area contributed by atoms with Crippen LogP contribution in [0.15, 0.2) is 70.7 Å². The SMILES string of the molecule is CCOc1cc(/C=C2\C(=O)NC(=O)N(c3ccc(Cl)cc3)C2=O)cc(Cl)c1OCc1ccccc1Br. The normalized spacial score (nSPS) is 14.7. The van der Waals surface area contributed by atoms with Gasteiger partial charge in [0.25, 0.3) is 11.8 Å². The molecule has 0 atom stereocenters. The first-order valence-corrected chi connectivity index (χ1v) is 12.3. The number of ether oxygens (including phenoxy) is 2. The zero-order valence-electron chi connectivity index (χ0n) is 18.9. The predicted octanol–water partition coefficient (Wildman–Crippen LogP) is 6.40. The van der Waals surface area contributed by atoms with E-state index in [1.165, 1.54) is 30.3 Å². The van der Waals surface area contributed by atoms with Crippen LogP contribution in [0.2, 0.25) is 10.0 Å². The first kappa shape index (κ1) is 25.8. The van der Waals surface area contributed by atoms with E-state index in [4.69, 9.17) is 32.7 Å². The summed E-state index contributed by atoms with van der Waals surface area (Å²) < 4.78 is 12.6. The second kappa shape index (κ2) is 11.2. The topological polar surface area (TPSA) is 84.9 Å². The molecular weight excluding hydrogens is 571 g/mol. The molecule has 1 N–H and O–H groups in total. The number of benzene rings is 3. The van der Waals surface area contributed by atoms with Gasteiger partial charge in [-0.2, -0.15) is 0 Å². The molecule has 184 valence electrons. The quantitative estimate of drug-likeness (QED) is 0.255. The third-order valence-electron chi connectivity index (χ3n) is 5.16. The molecule has 0 bridgehead atoms. The van der Waals surface area contributed by atoms with Crippen molar-refractivity contribution in [2.24, 2.45) is 0 Å². The van der Waals surface area contributed by atoms with Crippen molar-refractivity contribution in [3.05, 3.63) is 91.9 Å². The molecule has 1 fully saturated rings. The van der Waals surface area contributed by atoms with Crippen LogP contribution in [0.4, 0.5) is 10.5 Å². The highest BCUT2D eigenvalue weighted by atomic mass is 79.9. The van der Waals surface area contributed by atoms with Crippen LogP contribution in [-0.2, 0) is 16.2 Å². The van der Waals surface area contributed by atoms with Gasteiger partial charge in [-0.15, -0.1) is 0 Å². The summed E-state index contributed by atoms with van der Waals surface area (Å²) >= 11 is 15.9. The zero-order valence-corrected chi connectivity index (χ0v) is 22.0. The Morgan fingerprint density at radius 2 is 1.72 bits per heavy atom. The zero-order chi connectivity index (χ0) is 25.8. The van der Waals surface area contributed by atoms with Gasteiger partial charge in [-0.3, -0.25) is 14.9 Å². The highest BCUT2D eigenvalue weighted by molar-refractivity contribution is 9.10. The molecule has 1 aliphatic rings. The average Bonchev–Trinajstić information content (AvgIpc) is 2.83. The molecule has 4 rings (SSSR count). The lowest BCUT2D eigenvalue weighted by Crippen LogP contribution is -2.54. The Labute approximate surface area is 225 Å². The van der Waals surface area contributed by atoms with Crippen LogP contribution in [0.25, 0.3) is 6.08 Å². The number of carbonyl (C=O) groups excluding carboxylic acids is 3. The fraction of sp³-hybridized carbons (Fsp3) is 0.115. The molecule has 4 amide bonds. The van der Waals surface area contributed by atoms with Gasteiger partial charge < -0.3 is 9.47 Å². The fourth-order valence-electron chi connectivity index (χ4n) is 3.49. The van der Waals surface area contributed by atoms with Gasteiger partial charge in [0.15, 0.2) is 11.5 Å². The van der Waals surface area contributed by atoms with Crippen molar-refractivity contribution >= 4 is 68.7 Å². The van der Waals surface area contributed by atoms with Crippen molar-refractivity contribution in [3.8, 4) is 11.5 Å². The molecule has 0 spiro atoms. The van der Waals surface area contributed by atoms with Crippen molar-refractivity contribution in [3.63, 3.8) is 0 Å². The van der Waals surface area contributed by atoms with Crippen molar-refractivity contribution < 1.29 is 23.9 Å². The Hall–Kier alpha value is -3.33. The van der Waals surface area contributed by atoms with Crippen molar-refractivity contribution in [1.29, 1.82) is 0 Å². The van der Waals surface area contributed by atoms with Gasteiger partial charge in [-0.25, -0.2) is 9.69 Å². The summed E-state index contributed by atoms with van der Waals surface area (Å²) in [7, 11) is 0. The number of imide groups is 2. The van der Waals surface area contributed by atoms with E-state index in [1.54, 1.807) is 12.1 Å². The van der Waals surface area contributed by atoms with Gasteiger partial charge in [-0.1, -0.05) is 57.3 Å². The molecule has 3 aromatic rings. The Bertz CT molecular complexity index is 1380. The molecule has 36 heavy (non-hydrogen) atoms. The molecule has 10 heteroatoms. The van der Waals surface area contributed by atoms with Crippen molar-refractivity contribution in [2.45, 2.75) is 13.5 Å². The van der Waals surface area contributed by atoms with Crippen molar-refractivity contribution in [1.82, 2.24) is 5.32 Å². The van der Waals surface area contributed by atoms with E-state index in [0.29, 0.717) is 28.7 Å². The number of amides is 4. The van der Waals surface area contributed by atoms with Crippen LogP contribution in [0.5, 0.6) is 11.5 Å². The number of rotatable bonds is 7. The minimum absolute atomic E-state index is 0.231. The number of nitrogens with zero attached hydrogens (tertiary/aromatic N) is 1. The van der Waals surface area contributed by atoms with Crippen LogP contribution in [0.3, 0.4) is 0 Å². The average molecular weight is 590 g/mol. The van der Waals surface area contributed by atoms with Crippen LogP contribution in [0.1, 0.15) is 18.1 Å². The maximum Gasteiger partial charge on any atom is 0.335 e. The highest BCUT2D eigenvalue weighted by Gasteiger charge is 2.36. The number of hydrogen-bond acceptors (Lipinski definition) is 5. The second-order valence-corrected chi connectivity index (χ2v) is 9.28. The predicted molar refractivity (Wildman–Crippen MR) is 142 cm³/mol. The lowest BCUT2D eigenvalue weighted by atomic mass is 10.1. The number of halogens is 3. The molecule has 1 aliphatic heterocycles. The summed E-state index contributed by atoms with van der Waals surface area (Å²) in [5, 5.41) is 2.86. The molecule has 0 saturated carbocycles. The van der Waals surface area contributed by atoms with E-state index in [1.807, 2.05) is 31.2 Å². The Kier molecular flexibility index (Phi) is 7.98. The first-order chi connectivity index (χ1) is 17.3. The second-order valence-electron chi connectivity index (χ2n) is 7.58. The van der Waals surface area contributed by atoms with Gasteiger partial charge in [0.1, 0.15) is 12.2 Å². The van der Waals surface area contributed by atoms with Crippen LogP contribution in [-0.4, -0.2) is 24.5 Å². The maximum absolute atomic E-state index is 13.1. The van der Waals surface area contributed by atoms with E-state index >= 15 is 0 Å². The number of barbiturate groups is 1.